The van der Waals surface area contributed by atoms with Crippen LogP contribution in [0.4, 0.5) is 0 Å². The van der Waals surface area contributed by atoms with E-state index in [9.17, 15) is 9.90 Å². The van der Waals surface area contributed by atoms with Crippen LogP contribution in [0.3, 0.4) is 0 Å². The van der Waals surface area contributed by atoms with Gasteiger partial charge in [-0.3, -0.25) is 9.69 Å². The van der Waals surface area contributed by atoms with Crippen LogP contribution in [0.25, 0.3) is 0 Å². The zero-order valence-corrected chi connectivity index (χ0v) is 13.2. The normalized spacial score (nSPS) is 28.1. The van der Waals surface area contributed by atoms with Crippen LogP contribution >= 0.6 is 0 Å². The zero-order valence-electron chi connectivity index (χ0n) is 13.2. The van der Waals surface area contributed by atoms with Gasteiger partial charge in [0.1, 0.15) is 6.04 Å². The minimum absolute atomic E-state index is 0.283. The average molecular weight is 304 g/mol. The Morgan fingerprint density at radius 3 is 2.86 bits per heavy atom. The summed E-state index contributed by atoms with van der Waals surface area (Å²) in [7, 11) is 0. The van der Waals surface area contributed by atoms with Crippen LogP contribution in [-0.4, -0.2) is 53.4 Å². The highest BCUT2D eigenvalue weighted by molar-refractivity contribution is 5.75. The number of benzene rings is 1. The maximum atomic E-state index is 11.7. The molecule has 22 heavy (non-hydrogen) atoms. The molecule has 2 aliphatic heterocycles. The number of morpholine rings is 1. The number of hydrogen-bond acceptors (Lipinski definition) is 4. The van der Waals surface area contributed by atoms with Crippen LogP contribution in [0, 0.1) is 0 Å². The number of rotatable bonds is 3. The van der Waals surface area contributed by atoms with Gasteiger partial charge in [0.2, 0.25) is 0 Å². The van der Waals surface area contributed by atoms with Crippen LogP contribution in [-0.2, 0) is 22.5 Å². The Morgan fingerprint density at radius 2 is 2.14 bits per heavy atom. The van der Waals surface area contributed by atoms with E-state index in [1.54, 1.807) is 0 Å². The molecule has 1 aromatic rings. The van der Waals surface area contributed by atoms with Crippen molar-refractivity contribution in [1.82, 2.24) is 10.2 Å². The van der Waals surface area contributed by atoms with Crippen LogP contribution in [0.1, 0.15) is 25.0 Å². The molecule has 2 N–H and O–H groups in total. The number of fused-ring (bicyclic) bond motifs is 1. The van der Waals surface area contributed by atoms with E-state index in [1.165, 1.54) is 11.1 Å². The molecule has 2 heterocycles. The standard InChI is InChI=1S/C17H24N2O3/c1-17(2)15(16(20)21)19(7-8-22-17)11-14-9-12-5-3-4-6-13(12)10-18-14/h3-6,14-15,18H,7-11H2,1-2H3,(H,20,21). The molecule has 0 saturated carbocycles. The number of nitrogens with one attached hydrogen (secondary N) is 1. The van der Waals surface area contributed by atoms with E-state index in [4.69, 9.17) is 4.74 Å². The fourth-order valence-electron chi connectivity index (χ4n) is 3.66. The van der Waals surface area contributed by atoms with E-state index >= 15 is 0 Å². The molecule has 5 nitrogen and oxygen atoms in total. The lowest BCUT2D eigenvalue weighted by atomic mass is 9.92. The predicted molar refractivity (Wildman–Crippen MR) is 83.8 cm³/mol. The Balaban J connectivity index is 1.71. The van der Waals surface area contributed by atoms with Gasteiger partial charge in [-0.05, 0) is 31.4 Å². The van der Waals surface area contributed by atoms with Gasteiger partial charge in [0.15, 0.2) is 0 Å². The van der Waals surface area contributed by atoms with Gasteiger partial charge in [-0.2, -0.15) is 0 Å². The summed E-state index contributed by atoms with van der Waals surface area (Å²) in [5.74, 6) is -0.805. The van der Waals surface area contributed by atoms with Crippen LogP contribution in [0.2, 0.25) is 0 Å². The molecule has 1 fully saturated rings. The lowest BCUT2D eigenvalue weighted by molar-refractivity contribution is -0.172. The first-order valence-corrected chi connectivity index (χ1v) is 7.88. The minimum Gasteiger partial charge on any atom is -0.480 e. The first-order valence-electron chi connectivity index (χ1n) is 7.88. The number of carbonyl (C=O) groups is 1. The monoisotopic (exact) mass is 304 g/mol. The van der Waals surface area contributed by atoms with E-state index in [-0.39, 0.29) is 6.04 Å². The van der Waals surface area contributed by atoms with E-state index in [1.807, 2.05) is 13.8 Å². The van der Waals surface area contributed by atoms with Gasteiger partial charge in [-0.15, -0.1) is 0 Å². The second-order valence-electron chi connectivity index (χ2n) is 6.74. The predicted octanol–water partition coefficient (Wildman–Crippen LogP) is 1.26. The molecule has 2 unspecified atom stereocenters. The highest BCUT2D eigenvalue weighted by Crippen LogP contribution is 2.26. The quantitative estimate of drug-likeness (QED) is 0.880. The van der Waals surface area contributed by atoms with Gasteiger partial charge in [-0.25, -0.2) is 0 Å². The number of carboxylic acid groups (broad SMARTS) is 1. The van der Waals surface area contributed by atoms with Crippen LogP contribution in [0.15, 0.2) is 24.3 Å². The number of nitrogens with zero attached hydrogens (tertiary/aromatic N) is 1. The Morgan fingerprint density at radius 1 is 1.41 bits per heavy atom. The van der Waals surface area contributed by atoms with Crippen molar-refractivity contribution in [3.05, 3.63) is 35.4 Å². The van der Waals surface area contributed by atoms with Gasteiger partial charge < -0.3 is 15.2 Å². The summed E-state index contributed by atoms with van der Waals surface area (Å²) in [5, 5.41) is 13.1. The molecule has 2 aliphatic rings. The number of ether oxygens (including phenoxy) is 1. The fraction of sp³-hybridized carbons (Fsp3) is 0.588. The fourth-order valence-corrected chi connectivity index (χ4v) is 3.66. The molecule has 0 bridgehead atoms. The van der Waals surface area contributed by atoms with Crippen molar-refractivity contribution in [1.29, 1.82) is 0 Å². The van der Waals surface area contributed by atoms with E-state index in [0.717, 1.165) is 19.5 Å². The third kappa shape index (κ3) is 3.02. The molecule has 0 aromatic heterocycles. The van der Waals surface area contributed by atoms with E-state index < -0.39 is 17.6 Å². The summed E-state index contributed by atoms with van der Waals surface area (Å²) in [5.41, 5.74) is 2.05. The maximum absolute atomic E-state index is 11.7. The van der Waals surface area contributed by atoms with Gasteiger partial charge in [-0.1, -0.05) is 24.3 Å². The minimum atomic E-state index is -0.805. The maximum Gasteiger partial charge on any atom is 0.323 e. The first-order chi connectivity index (χ1) is 10.5. The smallest absolute Gasteiger partial charge is 0.323 e. The van der Waals surface area contributed by atoms with Crippen LogP contribution < -0.4 is 5.32 Å². The van der Waals surface area contributed by atoms with Gasteiger partial charge in [0.25, 0.3) is 0 Å². The summed E-state index contributed by atoms with van der Waals surface area (Å²) in [6.07, 6.45) is 0.945. The molecule has 3 rings (SSSR count). The zero-order chi connectivity index (χ0) is 15.7. The largest absolute Gasteiger partial charge is 0.480 e. The molecule has 5 heteroatoms. The van der Waals surface area contributed by atoms with E-state index in [2.05, 4.69) is 34.5 Å². The molecule has 2 atom stereocenters. The van der Waals surface area contributed by atoms with Crippen molar-refractivity contribution >= 4 is 5.97 Å². The van der Waals surface area contributed by atoms with Crippen molar-refractivity contribution in [2.45, 2.75) is 44.5 Å². The number of carboxylic acids is 1. The molecule has 120 valence electrons. The molecule has 1 saturated heterocycles. The topological polar surface area (TPSA) is 61.8 Å². The number of aliphatic carboxylic acids is 1. The molecular weight excluding hydrogens is 280 g/mol. The Kier molecular flexibility index (Phi) is 4.21. The molecule has 1 aromatic carbocycles. The van der Waals surface area contributed by atoms with Crippen molar-refractivity contribution in [3.63, 3.8) is 0 Å². The van der Waals surface area contributed by atoms with Crippen molar-refractivity contribution in [2.75, 3.05) is 19.7 Å². The van der Waals surface area contributed by atoms with Crippen LogP contribution in [0.5, 0.6) is 0 Å². The number of hydrogen-bond donors (Lipinski definition) is 2. The molecule has 0 radical (unpaired) electrons. The second-order valence-corrected chi connectivity index (χ2v) is 6.74. The lowest BCUT2D eigenvalue weighted by Crippen LogP contribution is -2.62. The summed E-state index contributed by atoms with van der Waals surface area (Å²) < 4.78 is 5.67. The SMILES string of the molecule is CC1(C)OCCN(CC2Cc3ccccc3CN2)C1C(=O)O. The lowest BCUT2D eigenvalue weighted by Gasteiger charge is -2.45. The third-order valence-corrected chi connectivity index (χ3v) is 4.73. The van der Waals surface area contributed by atoms with Gasteiger partial charge in [0, 0.05) is 25.7 Å². The average Bonchev–Trinajstić information content (AvgIpc) is 2.45. The highest BCUT2D eigenvalue weighted by atomic mass is 16.5. The summed E-state index contributed by atoms with van der Waals surface area (Å²) in [6.45, 7) is 6.56. The molecule has 0 aliphatic carbocycles. The summed E-state index contributed by atoms with van der Waals surface area (Å²) in [4.78, 5) is 13.7. The highest BCUT2D eigenvalue weighted by Gasteiger charge is 2.44. The van der Waals surface area contributed by atoms with Gasteiger partial charge >= 0.3 is 5.97 Å². The van der Waals surface area contributed by atoms with Crippen molar-refractivity contribution in [3.8, 4) is 0 Å². The molecular formula is C17H24N2O3. The molecule has 0 spiro atoms. The van der Waals surface area contributed by atoms with E-state index in [0.29, 0.717) is 13.2 Å². The van der Waals surface area contributed by atoms with Crippen molar-refractivity contribution < 1.29 is 14.6 Å². The Labute approximate surface area is 131 Å². The second kappa shape index (κ2) is 5.99. The van der Waals surface area contributed by atoms with Gasteiger partial charge in [0.05, 0.1) is 12.2 Å². The Hall–Kier alpha value is -1.43. The van der Waals surface area contributed by atoms with Crippen molar-refractivity contribution in [2.24, 2.45) is 0 Å². The first kappa shape index (κ1) is 15.5. The summed E-state index contributed by atoms with van der Waals surface area (Å²) >= 11 is 0. The summed E-state index contributed by atoms with van der Waals surface area (Å²) in [6, 6.07) is 8.13. The Bertz CT molecular complexity index is 559. The third-order valence-electron chi connectivity index (χ3n) is 4.73. The molecule has 0 amide bonds.